The molecule has 29 heavy (non-hydrogen) atoms. The molecule has 0 aromatic heterocycles. The first kappa shape index (κ1) is 20.6. The van der Waals surface area contributed by atoms with Crippen molar-refractivity contribution in [1.82, 2.24) is 15.1 Å². The van der Waals surface area contributed by atoms with Crippen LogP contribution in [0, 0.1) is 0 Å². The predicted molar refractivity (Wildman–Crippen MR) is 106 cm³/mol. The predicted octanol–water partition coefficient (Wildman–Crippen LogP) is 1.26. The van der Waals surface area contributed by atoms with E-state index in [-0.39, 0.29) is 17.4 Å². The van der Waals surface area contributed by atoms with Gasteiger partial charge in [0.05, 0.1) is 6.54 Å². The fraction of sp³-hybridized carbons (Fsp3) is 0.381. The van der Waals surface area contributed by atoms with Gasteiger partial charge in [-0.3, -0.25) is 4.79 Å². The number of aliphatic carboxylic acids is 2. The number of ketones is 1. The number of piperidine rings is 1. The van der Waals surface area contributed by atoms with Gasteiger partial charge in [0.15, 0.2) is 5.78 Å². The smallest absolute Gasteiger partial charge is 0.328 e. The Hall–Kier alpha value is -3.13. The molecule has 1 fully saturated rings. The Balaban J connectivity index is 0.000000258. The van der Waals surface area contributed by atoms with Crippen molar-refractivity contribution in [1.29, 1.82) is 0 Å². The van der Waals surface area contributed by atoms with Crippen LogP contribution >= 0.6 is 0 Å². The second-order valence-electron chi connectivity index (χ2n) is 7.39. The molecule has 0 aliphatic carbocycles. The normalized spacial score (nSPS) is 22.0. The monoisotopic (exact) mass is 399 g/mol. The summed E-state index contributed by atoms with van der Waals surface area (Å²) in [6.45, 7) is 2.51. The molecule has 8 nitrogen and oxygen atoms in total. The number of carboxylic acid groups (broad SMARTS) is 2. The van der Waals surface area contributed by atoms with E-state index in [1.54, 1.807) is 0 Å². The number of fused-ring (bicyclic) bond motifs is 4. The van der Waals surface area contributed by atoms with Crippen LogP contribution in [0.25, 0.3) is 0 Å². The summed E-state index contributed by atoms with van der Waals surface area (Å²) in [6, 6.07) is 8.25. The topological polar surface area (TPSA) is 110 Å². The lowest BCUT2D eigenvalue weighted by Crippen LogP contribution is -2.56. The summed E-state index contributed by atoms with van der Waals surface area (Å²) in [4.78, 5) is 36.3. The zero-order valence-electron chi connectivity index (χ0n) is 16.2. The standard InChI is InChI=1S/C17H21N3O.C4H4O4/c1-19-10-11-20-12-15(21)13-4-2-3-5-14(13)17(16(19)20)6-8-18-9-7-17;5-3(6)1-2-4(7)8/h2-5,10-11,16,18H,6-9,12H2,1H3;1-2H,(H,5,6)(H,7,8)/b;2-1+. The molecule has 0 bridgehead atoms. The highest BCUT2D eigenvalue weighted by atomic mass is 16.4. The molecular weight excluding hydrogens is 374 g/mol. The van der Waals surface area contributed by atoms with E-state index in [9.17, 15) is 14.4 Å². The Labute approximate surface area is 169 Å². The highest BCUT2D eigenvalue weighted by molar-refractivity contribution is 6.00. The van der Waals surface area contributed by atoms with Crippen molar-refractivity contribution in [2.45, 2.75) is 24.4 Å². The summed E-state index contributed by atoms with van der Waals surface area (Å²) in [6.07, 6.45) is 7.71. The van der Waals surface area contributed by atoms with Crippen molar-refractivity contribution in [3.63, 3.8) is 0 Å². The molecule has 0 radical (unpaired) electrons. The van der Waals surface area contributed by atoms with E-state index in [0.29, 0.717) is 18.7 Å². The van der Waals surface area contributed by atoms with Gasteiger partial charge in [-0.1, -0.05) is 24.3 Å². The molecular formula is C21H25N3O5. The van der Waals surface area contributed by atoms with Crippen LogP contribution in [0.5, 0.6) is 0 Å². The SMILES string of the molecule is CN1C=CN2CC(=O)c3ccccc3C3(CCNCC3)C12.O=C(O)/C=C/C(=O)O. The van der Waals surface area contributed by atoms with Crippen molar-refractivity contribution in [3.8, 4) is 0 Å². The number of rotatable bonds is 2. The van der Waals surface area contributed by atoms with Crippen LogP contribution in [0.3, 0.4) is 0 Å². The van der Waals surface area contributed by atoms with Crippen LogP contribution in [0.15, 0.2) is 48.8 Å². The maximum Gasteiger partial charge on any atom is 0.328 e. The Morgan fingerprint density at radius 3 is 2.34 bits per heavy atom. The first-order valence-corrected chi connectivity index (χ1v) is 9.48. The summed E-state index contributed by atoms with van der Waals surface area (Å²) >= 11 is 0. The van der Waals surface area contributed by atoms with Crippen LogP contribution in [0.4, 0.5) is 0 Å². The van der Waals surface area contributed by atoms with E-state index in [0.717, 1.165) is 31.5 Å². The van der Waals surface area contributed by atoms with Crippen LogP contribution in [0.2, 0.25) is 0 Å². The molecule has 4 rings (SSSR count). The number of carbonyl (C=O) groups is 3. The highest BCUT2D eigenvalue weighted by Gasteiger charge is 2.50. The van der Waals surface area contributed by atoms with E-state index >= 15 is 0 Å². The average Bonchev–Trinajstić information content (AvgIpc) is 3.03. The minimum Gasteiger partial charge on any atom is -0.478 e. The number of benzene rings is 1. The molecule has 0 saturated carbocycles. The quantitative estimate of drug-likeness (QED) is 0.638. The summed E-state index contributed by atoms with van der Waals surface area (Å²) in [7, 11) is 2.13. The second kappa shape index (κ2) is 8.48. The van der Waals surface area contributed by atoms with Gasteiger partial charge in [0, 0.05) is 42.6 Å². The Kier molecular flexibility index (Phi) is 6.03. The van der Waals surface area contributed by atoms with E-state index in [1.807, 2.05) is 12.1 Å². The van der Waals surface area contributed by atoms with Crippen molar-refractivity contribution in [2.75, 3.05) is 26.7 Å². The third kappa shape index (κ3) is 4.17. The first-order chi connectivity index (χ1) is 13.8. The van der Waals surface area contributed by atoms with Crippen LogP contribution in [-0.4, -0.2) is 70.6 Å². The first-order valence-electron chi connectivity index (χ1n) is 9.48. The van der Waals surface area contributed by atoms with Crippen molar-refractivity contribution < 1.29 is 24.6 Å². The van der Waals surface area contributed by atoms with Gasteiger partial charge in [0.25, 0.3) is 0 Å². The second-order valence-corrected chi connectivity index (χ2v) is 7.39. The molecule has 3 aliphatic rings. The maximum atomic E-state index is 12.7. The van der Waals surface area contributed by atoms with Crippen molar-refractivity contribution >= 4 is 17.7 Å². The zero-order valence-corrected chi connectivity index (χ0v) is 16.2. The lowest BCUT2D eigenvalue weighted by molar-refractivity contribution is -0.134. The molecule has 3 heterocycles. The molecule has 1 saturated heterocycles. The lowest BCUT2D eigenvalue weighted by Gasteiger charge is -2.47. The average molecular weight is 399 g/mol. The lowest BCUT2D eigenvalue weighted by atomic mass is 9.69. The number of Topliss-reactive ketones (excluding diaryl/α,β-unsaturated/α-hetero) is 1. The summed E-state index contributed by atoms with van der Waals surface area (Å²) in [5, 5.41) is 19.1. The molecule has 1 unspecified atom stereocenters. The number of hydrogen-bond acceptors (Lipinski definition) is 6. The molecule has 0 amide bonds. The van der Waals surface area contributed by atoms with E-state index in [2.05, 4.69) is 46.7 Å². The third-order valence-electron chi connectivity index (χ3n) is 5.64. The number of nitrogens with one attached hydrogen (secondary N) is 1. The van der Waals surface area contributed by atoms with Crippen molar-refractivity contribution in [3.05, 3.63) is 59.9 Å². The number of hydrogen-bond donors (Lipinski definition) is 3. The van der Waals surface area contributed by atoms with E-state index in [4.69, 9.17) is 10.2 Å². The Bertz CT molecular complexity index is 842. The van der Waals surface area contributed by atoms with Crippen molar-refractivity contribution in [2.24, 2.45) is 0 Å². The number of carbonyl (C=O) groups excluding carboxylic acids is 1. The van der Waals surface area contributed by atoms with Gasteiger partial charge in [0.2, 0.25) is 0 Å². The molecule has 1 spiro atoms. The Morgan fingerprint density at radius 2 is 1.72 bits per heavy atom. The number of carboxylic acids is 2. The summed E-state index contributed by atoms with van der Waals surface area (Å²) in [5.41, 5.74) is 2.21. The number of nitrogens with zero attached hydrogens (tertiary/aromatic N) is 2. The minimum atomic E-state index is -1.26. The highest BCUT2D eigenvalue weighted by Crippen LogP contribution is 2.45. The van der Waals surface area contributed by atoms with E-state index < -0.39 is 11.9 Å². The molecule has 1 atom stereocenters. The molecule has 1 aromatic rings. The molecule has 3 aliphatic heterocycles. The van der Waals surface area contributed by atoms with Gasteiger partial charge >= 0.3 is 11.9 Å². The molecule has 1 aromatic carbocycles. The fourth-order valence-electron chi connectivity index (χ4n) is 4.53. The summed E-state index contributed by atoms with van der Waals surface area (Å²) in [5.74, 6) is -2.27. The third-order valence-corrected chi connectivity index (χ3v) is 5.64. The molecule has 8 heteroatoms. The Morgan fingerprint density at radius 1 is 1.10 bits per heavy atom. The van der Waals surface area contributed by atoms with Gasteiger partial charge in [-0.15, -0.1) is 0 Å². The summed E-state index contributed by atoms with van der Waals surface area (Å²) < 4.78 is 0. The van der Waals surface area contributed by atoms with E-state index in [1.165, 1.54) is 5.56 Å². The van der Waals surface area contributed by atoms with Gasteiger partial charge in [-0.05, 0) is 31.5 Å². The largest absolute Gasteiger partial charge is 0.478 e. The van der Waals surface area contributed by atoms with Gasteiger partial charge < -0.3 is 25.3 Å². The zero-order chi connectivity index (χ0) is 21.0. The maximum absolute atomic E-state index is 12.7. The molecule has 3 N–H and O–H groups in total. The fourth-order valence-corrected chi connectivity index (χ4v) is 4.53. The van der Waals surface area contributed by atoms with Crippen LogP contribution in [0.1, 0.15) is 28.8 Å². The van der Waals surface area contributed by atoms with Gasteiger partial charge in [-0.2, -0.15) is 0 Å². The minimum absolute atomic E-state index is 0.0340. The van der Waals surface area contributed by atoms with Gasteiger partial charge in [0.1, 0.15) is 6.17 Å². The molecule has 154 valence electrons. The van der Waals surface area contributed by atoms with Crippen LogP contribution < -0.4 is 5.32 Å². The van der Waals surface area contributed by atoms with Gasteiger partial charge in [-0.25, -0.2) is 9.59 Å². The van der Waals surface area contributed by atoms with Crippen LogP contribution in [-0.2, 0) is 15.0 Å². The number of likely N-dealkylation sites (N-methyl/N-ethyl adjacent to an activating group) is 1.